The second-order valence-corrected chi connectivity index (χ2v) is 12.2. The van der Waals surface area contributed by atoms with Crippen LogP contribution < -0.4 is 32.9 Å². The van der Waals surface area contributed by atoms with E-state index in [0.29, 0.717) is 13.0 Å². The maximum Gasteiger partial charge on any atom is 0.162 e. The van der Waals surface area contributed by atoms with Gasteiger partial charge in [0.2, 0.25) is 0 Å². The standard InChI is InChI=1S/C31H30O2P.BrH/c32-29-20-11-10-13-25(29)23-24-33-30-21-12-22-31(30)34(26-14-4-1-5-15-26,27-16-6-2-7-17-27)28-18-8-3-9-19-28;/h1-11,13-20,25H,12,21-24H2;1H/q+1;/p-1. The first-order chi connectivity index (χ1) is 16.8. The maximum absolute atomic E-state index is 12.2. The van der Waals surface area contributed by atoms with E-state index in [2.05, 4.69) is 91.0 Å². The molecule has 35 heavy (non-hydrogen) atoms. The highest BCUT2D eigenvalue weighted by Crippen LogP contribution is 2.66. The van der Waals surface area contributed by atoms with E-state index >= 15 is 0 Å². The van der Waals surface area contributed by atoms with Crippen molar-refractivity contribution in [2.24, 2.45) is 5.92 Å². The second-order valence-electron chi connectivity index (χ2n) is 8.79. The van der Waals surface area contributed by atoms with Crippen LogP contribution in [0.15, 0.2) is 126 Å². The lowest BCUT2D eigenvalue weighted by atomic mass is 9.96. The largest absolute Gasteiger partial charge is 1.00 e. The molecule has 0 saturated heterocycles. The van der Waals surface area contributed by atoms with Crippen LogP contribution in [0.1, 0.15) is 25.7 Å². The average Bonchev–Trinajstić information content (AvgIpc) is 3.36. The third-order valence-corrected chi connectivity index (χ3v) is 11.3. The van der Waals surface area contributed by atoms with Gasteiger partial charge >= 0.3 is 0 Å². The predicted octanol–water partition coefficient (Wildman–Crippen LogP) is 3.10. The molecule has 0 aromatic heterocycles. The summed E-state index contributed by atoms with van der Waals surface area (Å²) in [5, 5.41) is 5.53. The van der Waals surface area contributed by atoms with Gasteiger partial charge in [0, 0.05) is 18.8 Å². The number of hydrogen-bond acceptors (Lipinski definition) is 2. The summed E-state index contributed by atoms with van der Waals surface area (Å²) in [5.74, 6) is 1.23. The number of allylic oxidation sites excluding steroid dienone is 6. The van der Waals surface area contributed by atoms with Crippen molar-refractivity contribution in [3.05, 3.63) is 126 Å². The van der Waals surface area contributed by atoms with Gasteiger partial charge in [0.15, 0.2) is 5.78 Å². The van der Waals surface area contributed by atoms with E-state index in [-0.39, 0.29) is 28.7 Å². The molecule has 0 saturated carbocycles. The van der Waals surface area contributed by atoms with Gasteiger partial charge in [-0.2, -0.15) is 0 Å². The van der Waals surface area contributed by atoms with Crippen LogP contribution in [-0.2, 0) is 9.53 Å². The normalized spacial score (nSPS) is 17.4. The first kappa shape index (κ1) is 25.4. The minimum atomic E-state index is -2.08. The van der Waals surface area contributed by atoms with Crippen molar-refractivity contribution in [1.82, 2.24) is 0 Å². The number of hydrogen-bond donors (Lipinski definition) is 0. The third-order valence-electron chi connectivity index (χ3n) is 6.76. The summed E-state index contributed by atoms with van der Waals surface area (Å²) in [5.41, 5.74) is 0. The van der Waals surface area contributed by atoms with E-state index in [9.17, 15) is 4.79 Å². The number of benzene rings is 3. The number of carbonyl (C=O) groups excluding carboxylic acids is 1. The zero-order valence-electron chi connectivity index (χ0n) is 19.7. The quantitative estimate of drug-likeness (QED) is 0.407. The SMILES string of the molecule is O=C1C=CC=CC1CCOC1=C([P+](c2ccccc2)(c2ccccc2)c2ccccc2)CCC1.[Br-]. The van der Waals surface area contributed by atoms with Crippen molar-refractivity contribution in [1.29, 1.82) is 0 Å². The van der Waals surface area contributed by atoms with Crippen LogP contribution in [0.25, 0.3) is 0 Å². The monoisotopic (exact) mass is 544 g/mol. The van der Waals surface area contributed by atoms with Crippen LogP contribution in [0.4, 0.5) is 0 Å². The van der Waals surface area contributed by atoms with Crippen molar-refractivity contribution in [2.75, 3.05) is 6.61 Å². The van der Waals surface area contributed by atoms with E-state index in [1.807, 2.05) is 18.2 Å². The van der Waals surface area contributed by atoms with E-state index in [4.69, 9.17) is 4.74 Å². The van der Waals surface area contributed by atoms with E-state index in [1.165, 1.54) is 21.2 Å². The van der Waals surface area contributed by atoms with Crippen molar-refractivity contribution < 1.29 is 26.5 Å². The second kappa shape index (κ2) is 11.8. The molecule has 0 fully saturated rings. The van der Waals surface area contributed by atoms with Crippen LogP contribution in [0.2, 0.25) is 0 Å². The molecule has 2 aliphatic carbocycles. The first-order valence-corrected chi connectivity index (χ1v) is 13.9. The number of ketones is 1. The highest BCUT2D eigenvalue weighted by molar-refractivity contribution is 7.99. The van der Waals surface area contributed by atoms with Gasteiger partial charge in [-0.05, 0) is 55.3 Å². The highest BCUT2D eigenvalue weighted by Gasteiger charge is 2.52. The molecule has 0 amide bonds. The smallest absolute Gasteiger partial charge is 0.162 e. The Morgan fingerprint density at radius 1 is 0.743 bits per heavy atom. The fourth-order valence-corrected chi connectivity index (χ4v) is 9.93. The molecule has 0 radical (unpaired) electrons. The van der Waals surface area contributed by atoms with Crippen molar-refractivity contribution >= 4 is 29.0 Å². The molecule has 0 spiro atoms. The lowest BCUT2D eigenvalue weighted by molar-refractivity contribution is -0.117. The van der Waals surface area contributed by atoms with Gasteiger partial charge in [0.1, 0.15) is 34.2 Å². The van der Waals surface area contributed by atoms with Gasteiger partial charge < -0.3 is 21.7 Å². The van der Waals surface area contributed by atoms with Crippen LogP contribution in [0.3, 0.4) is 0 Å². The van der Waals surface area contributed by atoms with Crippen LogP contribution >= 0.6 is 7.26 Å². The molecule has 0 heterocycles. The molecule has 2 aliphatic rings. The molecular weight excluding hydrogens is 515 g/mol. The van der Waals surface area contributed by atoms with Gasteiger partial charge in [-0.15, -0.1) is 0 Å². The Balaban J connectivity index is 0.00000289. The highest BCUT2D eigenvalue weighted by atomic mass is 79.9. The van der Waals surface area contributed by atoms with E-state index in [1.54, 1.807) is 6.08 Å². The summed E-state index contributed by atoms with van der Waals surface area (Å²) < 4.78 is 6.53. The molecule has 3 aromatic rings. The lowest BCUT2D eigenvalue weighted by Crippen LogP contribution is -3.00. The molecule has 2 nitrogen and oxygen atoms in total. The molecule has 0 N–H and O–H groups in total. The maximum atomic E-state index is 12.2. The van der Waals surface area contributed by atoms with Gasteiger partial charge in [0.05, 0.1) is 6.61 Å². The average molecular weight is 545 g/mol. The van der Waals surface area contributed by atoms with Crippen LogP contribution in [0, 0.1) is 5.92 Å². The summed E-state index contributed by atoms with van der Waals surface area (Å²) in [7, 11) is -2.08. The molecule has 0 aliphatic heterocycles. The zero-order chi connectivity index (χ0) is 23.2. The number of carbonyl (C=O) groups is 1. The van der Waals surface area contributed by atoms with E-state index < -0.39 is 7.26 Å². The minimum Gasteiger partial charge on any atom is -1.00 e. The van der Waals surface area contributed by atoms with Crippen LogP contribution in [0.5, 0.6) is 0 Å². The predicted molar refractivity (Wildman–Crippen MR) is 143 cm³/mol. The fourth-order valence-electron chi connectivity index (χ4n) is 5.19. The number of halogens is 1. The number of ether oxygens (including phenoxy) is 1. The Hall–Kier alpha value is -2.74. The summed E-state index contributed by atoms with van der Waals surface area (Å²) in [6.45, 7) is 0.561. The molecule has 5 rings (SSSR count). The summed E-state index contributed by atoms with van der Waals surface area (Å²) >= 11 is 0. The molecule has 178 valence electrons. The lowest BCUT2D eigenvalue weighted by Gasteiger charge is -2.29. The minimum absolute atomic E-state index is 0. The summed E-state index contributed by atoms with van der Waals surface area (Å²) in [6.07, 6.45) is 11.2. The topological polar surface area (TPSA) is 26.3 Å². The number of rotatable bonds is 8. The van der Waals surface area contributed by atoms with Crippen LogP contribution in [-0.4, -0.2) is 12.4 Å². The molecular formula is C31H30BrO2P. The molecule has 4 heteroatoms. The Bertz CT molecular complexity index is 1120. The molecule has 1 atom stereocenters. The van der Waals surface area contributed by atoms with Crippen molar-refractivity contribution in [3.8, 4) is 0 Å². The summed E-state index contributed by atoms with van der Waals surface area (Å²) in [6, 6.07) is 32.9. The van der Waals surface area contributed by atoms with Crippen molar-refractivity contribution in [3.63, 3.8) is 0 Å². The zero-order valence-corrected chi connectivity index (χ0v) is 22.2. The van der Waals surface area contributed by atoms with Gasteiger partial charge in [-0.25, -0.2) is 0 Å². The third kappa shape index (κ3) is 5.13. The molecule has 3 aromatic carbocycles. The van der Waals surface area contributed by atoms with E-state index in [0.717, 1.165) is 25.0 Å². The summed E-state index contributed by atoms with van der Waals surface area (Å²) in [4.78, 5) is 12.2. The van der Waals surface area contributed by atoms with Crippen molar-refractivity contribution in [2.45, 2.75) is 25.7 Å². The van der Waals surface area contributed by atoms with Gasteiger partial charge in [-0.3, -0.25) is 4.79 Å². The first-order valence-electron chi connectivity index (χ1n) is 12.1. The Labute approximate surface area is 219 Å². The molecule has 0 bridgehead atoms. The van der Waals surface area contributed by atoms with Gasteiger partial charge in [0.25, 0.3) is 0 Å². The Morgan fingerprint density at radius 2 is 1.29 bits per heavy atom. The molecule has 1 unspecified atom stereocenters. The Kier molecular flexibility index (Phi) is 8.55. The Morgan fingerprint density at radius 3 is 1.80 bits per heavy atom. The fraction of sp³-hybridized carbons (Fsp3) is 0.194. The van der Waals surface area contributed by atoms with Gasteiger partial charge in [-0.1, -0.05) is 72.8 Å².